The highest BCUT2D eigenvalue weighted by Gasteiger charge is 2.51. The molecule has 184 valence electrons. The van der Waals surface area contributed by atoms with Crippen LogP contribution in [0.25, 0.3) is 0 Å². The van der Waals surface area contributed by atoms with E-state index in [0.717, 1.165) is 19.3 Å². The summed E-state index contributed by atoms with van der Waals surface area (Å²) in [6.07, 6.45) is 18.0. The van der Waals surface area contributed by atoms with Crippen LogP contribution in [0.4, 0.5) is 0 Å². The summed E-state index contributed by atoms with van der Waals surface area (Å²) in [6, 6.07) is 0. The molecule has 0 aliphatic carbocycles. The van der Waals surface area contributed by atoms with Crippen LogP contribution in [-0.2, 0) is 19.7 Å². The summed E-state index contributed by atoms with van der Waals surface area (Å²) in [7, 11) is -5.02. The van der Waals surface area contributed by atoms with Crippen molar-refractivity contribution < 1.29 is 32.8 Å². The van der Waals surface area contributed by atoms with Crippen molar-refractivity contribution in [1.29, 1.82) is 0 Å². The summed E-state index contributed by atoms with van der Waals surface area (Å²) in [5.41, 5.74) is 0. The van der Waals surface area contributed by atoms with Crippen LogP contribution in [0.3, 0.4) is 0 Å². The van der Waals surface area contributed by atoms with Crippen molar-refractivity contribution in [3.63, 3.8) is 0 Å². The molecule has 0 radical (unpaired) electrons. The fourth-order valence-corrected chi connectivity index (χ4v) is 4.91. The Morgan fingerprint density at radius 1 is 0.645 bits per heavy atom. The molecule has 0 aliphatic rings. The summed E-state index contributed by atoms with van der Waals surface area (Å²) in [4.78, 5) is 22.3. The number of rotatable bonds is 22. The van der Waals surface area contributed by atoms with Crippen LogP contribution in [0.2, 0.25) is 0 Å². The first-order valence-electron chi connectivity index (χ1n) is 12.1. The van der Waals surface area contributed by atoms with Gasteiger partial charge in [-0.1, -0.05) is 116 Å². The van der Waals surface area contributed by atoms with Crippen molar-refractivity contribution in [2.75, 3.05) is 0 Å². The van der Waals surface area contributed by atoms with Gasteiger partial charge in [-0.3, -0.25) is 14.1 Å². The minimum atomic E-state index is -5.02. The Labute approximate surface area is 188 Å². The minimum Gasteiger partial charge on any atom is -0.481 e. The molecule has 0 saturated carbocycles. The molecular formula is C23H44O7S. The lowest BCUT2D eigenvalue weighted by Crippen LogP contribution is -2.48. The summed E-state index contributed by atoms with van der Waals surface area (Å²) in [6.45, 7) is 2.24. The van der Waals surface area contributed by atoms with Gasteiger partial charge in [0.15, 0.2) is 0 Å². The molecule has 1 unspecified atom stereocenters. The number of unbranched alkanes of at least 4 members (excludes halogenated alkanes) is 16. The van der Waals surface area contributed by atoms with Crippen molar-refractivity contribution in [1.82, 2.24) is 0 Å². The molecule has 7 nitrogen and oxygen atoms in total. The van der Waals surface area contributed by atoms with E-state index in [0.29, 0.717) is 6.42 Å². The molecule has 0 heterocycles. The molecule has 0 rings (SSSR count). The number of aliphatic carboxylic acids is 2. The lowest BCUT2D eigenvalue weighted by molar-refractivity contribution is -0.147. The predicted octanol–water partition coefficient (Wildman–Crippen LogP) is 6.21. The number of carboxylic acid groups (broad SMARTS) is 2. The molecule has 31 heavy (non-hydrogen) atoms. The standard InChI is InChI=1S/C23H44O7S/c1-2-3-4-5-6-7-8-9-10-11-12-13-14-15-16-17-18-19-23(22(26)27,20-21(24)25)31(28,29)30/h2-20H2,1H3,(H,24,25)(H,26,27)(H,28,29,30). The van der Waals surface area contributed by atoms with Crippen LogP contribution in [0.5, 0.6) is 0 Å². The van der Waals surface area contributed by atoms with Gasteiger partial charge in [0.1, 0.15) is 0 Å². The molecule has 0 aromatic carbocycles. The largest absolute Gasteiger partial charge is 0.481 e. The second-order valence-corrected chi connectivity index (χ2v) is 10.5. The van der Waals surface area contributed by atoms with Crippen molar-refractivity contribution >= 4 is 22.1 Å². The Bertz CT molecular complexity index is 589. The molecule has 0 amide bonds. The topological polar surface area (TPSA) is 129 Å². The third-order valence-electron chi connectivity index (χ3n) is 6.00. The lowest BCUT2D eigenvalue weighted by Gasteiger charge is -2.24. The SMILES string of the molecule is CCCCCCCCCCCCCCCCCCCC(CC(=O)O)(C(=O)O)S(=O)(=O)O. The fourth-order valence-electron chi connectivity index (χ4n) is 3.98. The normalized spacial score (nSPS) is 13.7. The third kappa shape index (κ3) is 13.8. The summed E-state index contributed by atoms with van der Waals surface area (Å²) >= 11 is 0. The molecule has 0 spiro atoms. The number of carbonyl (C=O) groups is 2. The van der Waals surface area contributed by atoms with E-state index < -0.39 is 39.6 Å². The maximum Gasteiger partial charge on any atom is 0.328 e. The zero-order valence-electron chi connectivity index (χ0n) is 19.3. The van der Waals surface area contributed by atoms with Gasteiger partial charge in [0.25, 0.3) is 10.1 Å². The summed E-state index contributed by atoms with van der Waals surface area (Å²) < 4.78 is 29.7. The maximum absolute atomic E-state index is 11.5. The van der Waals surface area contributed by atoms with Gasteiger partial charge >= 0.3 is 11.9 Å². The zero-order valence-corrected chi connectivity index (χ0v) is 20.1. The molecule has 0 fully saturated rings. The van der Waals surface area contributed by atoms with E-state index in [1.807, 2.05) is 0 Å². The van der Waals surface area contributed by atoms with Gasteiger partial charge in [0.05, 0.1) is 6.42 Å². The van der Waals surface area contributed by atoms with E-state index in [-0.39, 0.29) is 6.42 Å². The van der Waals surface area contributed by atoms with Crippen molar-refractivity contribution in [2.24, 2.45) is 0 Å². The van der Waals surface area contributed by atoms with Crippen LogP contribution in [0.1, 0.15) is 129 Å². The monoisotopic (exact) mass is 464 g/mol. The van der Waals surface area contributed by atoms with Crippen LogP contribution >= 0.6 is 0 Å². The highest BCUT2D eigenvalue weighted by atomic mass is 32.2. The average Bonchev–Trinajstić information content (AvgIpc) is 2.68. The quantitative estimate of drug-likeness (QED) is 0.128. The van der Waals surface area contributed by atoms with Gasteiger partial charge in [-0.25, -0.2) is 0 Å². The summed E-state index contributed by atoms with van der Waals surface area (Å²) in [5, 5.41) is 18.1. The van der Waals surface area contributed by atoms with Crippen LogP contribution in [0, 0.1) is 0 Å². The smallest absolute Gasteiger partial charge is 0.328 e. The second kappa shape index (κ2) is 17.4. The molecule has 8 heteroatoms. The molecule has 0 saturated heterocycles. The van der Waals surface area contributed by atoms with Gasteiger partial charge in [-0.2, -0.15) is 8.42 Å². The van der Waals surface area contributed by atoms with Gasteiger partial charge in [0.2, 0.25) is 4.75 Å². The molecule has 0 aromatic heterocycles. The van der Waals surface area contributed by atoms with Crippen molar-refractivity contribution in [3.8, 4) is 0 Å². The van der Waals surface area contributed by atoms with E-state index in [9.17, 15) is 27.7 Å². The highest BCUT2D eigenvalue weighted by Crippen LogP contribution is 2.29. The predicted molar refractivity (Wildman–Crippen MR) is 123 cm³/mol. The maximum atomic E-state index is 11.5. The zero-order chi connectivity index (χ0) is 23.6. The van der Waals surface area contributed by atoms with Crippen LogP contribution < -0.4 is 0 Å². The highest BCUT2D eigenvalue weighted by molar-refractivity contribution is 7.88. The Morgan fingerprint density at radius 2 is 0.968 bits per heavy atom. The first-order chi connectivity index (χ1) is 14.7. The average molecular weight is 465 g/mol. The Balaban J connectivity index is 3.76. The second-order valence-electron chi connectivity index (χ2n) is 8.75. The molecular weight excluding hydrogens is 420 g/mol. The van der Waals surface area contributed by atoms with Crippen molar-refractivity contribution in [3.05, 3.63) is 0 Å². The van der Waals surface area contributed by atoms with Crippen molar-refractivity contribution in [2.45, 2.75) is 134 Å². The van der Waals surface area contributed by atoms with E-state index in [2.05, 4.69) is 6.92 Å². The summed E-state index contributed by atoms with van der Waals surface area (Å²) in [5.74, 6) is -3.37. The van der Waals surface area contributed by atoms with E-state index in [1.165, 1.54) is 77.0 Å². The molecule has 3 N–H and O–H groups in total. The molecule has 1 atom stereocenters. The van der Waals surface area contributed by atoms with E-state index >= 15 is 0 Å². The Morgan fingerprint density at radius 3 is 1.23 bits per heavy atom. The van der Waals surface area contributed by atoms with E-state index in [1.54, 1.807) is 0 Å². The number of hydrogen-bond donors (Lipinski definition) is 3. The first-order valence-corrected chi connectivity index (χ1v) is 13.5. The van der Waals surface area contributed by atoms with Crippen LogP contribution in [-0.4, -0.2) is 39.9 Å². The van der Waals surface area contributed by atoms with E-state index in [4.69, 9.17) is 5.11 Å². The first kappa shape index (κ1) is 29.9. The van der Waals surface area contributed by atoms with Crippen LogP contribution in [0.15, 0.2) is 0 Å². The van der Waals surface area contributed by atoms with Gasteiger partial charge < -0.3 is 10.2 Å². The van der Waals surface area contributed by atoms with Gasteiger partial charge in [0, 0.05) is 0 Å². The van der Waals surface area contributed by atoms with Gasteiger partial charge in [-0.15, -0.1) is 0 Å². The molecule has 0 aliphatic heterocycles. The molecule has 0 aromatic rings. The Hall–Kier alpha value is -1.15. The fraction of sp³-hybridized carbons (Fsp3) is 0.913. The Kier molecular flexibility index (Phi) is 16.8. The third-order valence-corrected chi connectivity index (χ3v) is 7.52. The number of hydrogen-bond acceptors (Lipinski definition) is 4. The minimum absolute atomic E-state index is 0.248. The van der Waals surface area contributed by atoms with Gasteiger partial charge in [-0.05, 0) is 6.42 Å². The lowest BCUT2D eigenvalue weighted by atomic mass is 9.96. The number of carboxylic acids is 2. The molecule has 0 bridgehead atoms.